The molecule has 0 fully saturated rings. The Hall–Kier alpha value is -8.01. The van der Waals surface area contributed by atoms with E-state index < -0.39 is 10.0 Å². The van der Waals surface area contributed by atoms with Gasteiger partial charge in [0, 0.05) is 53.0 Å². The third kappa shape index (κ3) is 7.89. The van der Waals surface area contributed by atoms with Gasteiger partial charge in [-0.15, -0.1) is 10.0 Å². The molecule has 0 aliphatic carbocycles. The molecule has 0 radical (unpaired) electrons. The summed E-state index contributed by atoms with van der Waals surface area (Å²) < 4.78 is 29.2. The summed E-state index contributed by atoms with van der Waals surface area (Å²) in [7, 11) is -2.27. The molecule has 0 aliphatic heterocycles. The molecule has 10 aromatic rings. The predicted molar refractivity (Wildman–Crippen MR) is 246 cm³/mol. The molecule has 0 saturated carbocycles. The normalized spacial score (nSPS) is 11.6. The van der Waals surface area contributed by atoms with Crippen LogP contribution in [-0.2, 0) is 0 Å². The van der Waals surface area contributed by atoms with Crippen LogP contribution in [0.1, 0.15) is 0 Å². The molecule has 302 valence electrons. The topological polar surface area (TPSA) is 77.3 Å². The highest BCUT2D eigenvalue weighted by Gasteiger charge is 2.34. The van der Waals surface area contributed by atoms with Crippen LogP contribution in [0.15, 0.2) is 238 Å². The first kappa shape index (κ1) is 39.1. The van der Waals surface area contributed by atoms with Gasteiger partial charge < -0.3 is 0 Å². The van der Waals surface area contributed by atoms with Crippen molar-refractivity contribution in [3.8, 4) is 68.3 Å². The van der Waals surface area contributed by atoms with Gasteiger partial charge in [0.1, 0.15) is 11.6 Å². The average Bonchev–Trinajstić information content (AvgIpc) is 3.35. The molecule has 0 bridgehead atoms. The number of rotatable bonds is 10. The Kier molecular flexibility index (Phi) is 10.7. The van der Waals surface area contributed by atoms with Gasteiger partial charge in [0.15, 0.2) is 34.9 Å². The van der Waals surface area contributed by atoms with E-state index in [9.17, 15) is 8.78 Å². The molecule has 0 unspecified atom stereocenters. The second-order valence-corrected chi connectivity index (χ2v) is 17.8. The van der Waals surface area contributed by atoms with Crippen LogP contribution in [0, 0.1) is 11.6 Å². The first-order valence-corrected chi connectivity index (χ1v) is 21.9. The van der Waals surface area contributed by atoms with Crippen molar-refractivity contribution in [2.24, 2.45) is 0 Å². The number of nitrogens with zero attached hydrogens (tertiary/aromatic N) is 6. The molecular weight excluding hydrogens is 803 g/mol. The molecule has 0 saturated heterocycles. The van der Waals surface area contributed by atoms with Crippen LogP contribution < -0.4 is 0 Å². The van der Waals surface area contributed by atoms with Crippen molar-refractivity contribution in [3.63, 3.8) is 0 Å². The summed E-state index contributed by atoms with van der Waals surface area (Å²) in [6.45, 7) is 0. The smallest absolute Gasteiger partial charge is 0.164 e. The molecule has 2 aromatic heterocycles. The van der Waals surface area contributed by atoms with Gasteiger partial charge in [0.2, 0.25) is 0 Å². The Bertz CT molecular complexity index is 2990. The third-order valence-corrected chi connectivity index (χ3v) is 14.5. The van der Waals surface area contributed by atoms with E-state index >= 15 is 0 Å². The summed E-state index contributed by atoms with van der Waals surface area (Å²) in [5.41, 5.74) is 4.27. The molecule has 0 aliphatic rings. The second-order valence-electron chi connectivity index (χ2n) is 14.7. The van der Waals surface area contributed by atoms with Gasteiger partial charge in [-0.25, -0.2) is 38.7 Å². The van der Waals surface area contributed by atoms with Gasteiger partial charge in [0.05, 0.1) is 0 Å². The van der Waals surface area contributed by atoms with E-state index in [0.717, 1.165) is 41.8 Å². The van der Waals surface area contributed by atoms with Crippen molar-refractivity contribution < 1.29 is 8.78 Å². The van der Waals surface area contributed by atoms with Crippen molar-refractivity contribution >= 4 is 10.0 Å². The molecule has 0 spiro atoms. The Labute approximate surface area is 365 Å². The minimum absolute atomic E-state index is 0.367. The SMILES string of the molecule is Fc1cccc(-c2nc(-c3ccccc3)nc(-c3cccc(S(c4ccccc4)(c4ccccc4)c4cccc(-c5nc(-c6ccccc6)nc(-c6cccc(F)c6)n5)c4)c3)n2)c1. The summed E-state index contributed by atoms with van der Waals surface area (Å²) in [5.74, 6) is 1.85. The highest BCUT2D eigenvalue weighted by molar-refractivity contribution is 8.34. The van der Waals surface area contributed by atoms with Crippen LogP contribution in [-0.4, -0.2) is 29.9 Å². The molecule has 0 atom stereocenters. The maximum absolute atomic E-state index is 14.6. The highest BCUT2D eigenvalue weighted by atomic mass is 32.3. The van der Waals surface area contributed by atoms with E-state index in [-0.39, 0.29) is 11.6 Å². The van der Waals surface area contributed by atoms with Gasteiger partial charge in [-0.2, -0.15) is 0 Å². The van der Waals surface area contributed by atoms with E-state index in [1.54, 1.807) is 24.3 Å². The van der Waals surface area contributed by atoms with E-state index in [2.05, 4.69) is 72.8 Å². The van der Waals surface area contributed by atoms with Crippen molar-refractivity contribution in [2.75, 3.05) is 0 Å². The van der Waals surface area contributed by atoms with Gasteiger partial charge in [-0.05, 0) is 72.8 Å². The number of benzene rings is 8. The molecule has 2 heterocycles. The summed E-state index contributed by atoms with van der Waals surface area (Å²) in [6, 6.07) is 69.9. The fourth-order valence-electron chi connectivity index (χ4n) is 7.67. The lowest BCUT2D eigenvalue weighted by Gasteiger charge is -2.42. The Morgan fingerprint density at radius 3 is 0.825 bits per heavy atom. The zero-order valence-electron chi connectivity index (χ0n) is 33.6. The van der Waals surface area contributed by atoms with Gasteiger partial charge in [-0.1, -0.05) is 146 Å². The molecule has 10 rings (SSSR count). The first-order valence-electron chi connectivity index (χ1n) is 20.3. The van der Waals surface area contributed by atoms with Crippen LogP contribution in [0.3, 0.4) is 0 Å². The summed E-state index contributed by atoms with van der Waals surface area (Å²) >= 11 is 0. The molecule has 63 heavy (non-hydrogen) atoms. The summed E-state index contributed by atoms with van der Waals surface area (Å²) in [5, 5.41) is 0. The van der Waals surface area contributed by atoms with Crippen LogP contribution in [0.2, 0.25) is 0 Å². The lowest BCUT2D eigenvalue weighted by atomic mass is 10.1. The van der Waals surface area contributed by atoms with Crippen LogP contribution >= 0.6 is 10.0 Å². The zero-order valence-corrected chi connectivity index (χ0v) is 34.4. The fraction of sp³-hybridized carbons (Fsp3) is 0. The quantitative estimate of drug-likeness (QED) is 0.137. The predicted octanol–water partition coefficient (Wildman–Crippen LogP) is 13.7. The van der Waals surface area contributed by atoms with Gasteiger partial charge >= 0.3 is 0 Å². The second kappa shape index (κ2) is 17.2. The number of hydrogen-bond donors (Lipinski definition) is 0. The fourth-order valence-corrected chi connectivity index (χ4v) is 11.6. The lowest BCUT2D eigenvalue weighted by Crippen LogP contribution is -2.07. The van der Waals surface area contributed by atoms with Crippen molar-refractivity contribution in [1.82, 2.24) is 29.9 Å². The van der Waals surface area contributed by atoms with E-state index in [1.807, 2.05) is 97.1 Å². The van der Waals surface area contributed by atoms with Gasteiger partial charge in [-0.3, -0.25) is 0 Å². The summed E-state index contributed by atoms with van der Waals surface area (Å²) in [4.78, 5) is 34.0. The Balaban J connectivity index is 1.20. The molecule has 0 N–H and O–H groups in total. The van der Waals surface area contributed by atoms with Crippen molar-refractivity contribution in [3.05, 3.63) is 230 Å². The Morgan fingerprint density at radius 1 is 0.238 bits per heavy atom. The van der Waals surface area contributed by atoms with E-state index in [0.29, 0.717) is 46.1 Å². The maximum atomic E-state index is 14.6. The largest absolute Gasteiger partial charge is 0.208 e. The van der Waals surface area contributed by atoms with Crippen LogP contribution in [0.5, 0.6) is 0 Å². The van der Waals surface area contributed by atoms with E-state index in [1.165, 1.54) is 24.3 Å². The number of halogens is 2. The number of hydrogen-bond acceptors (Lipinski definition) is 6. The third-order valence-electron chi connectivity index (χ3n) is 10.6. The molecule has 9 heteroatoms. The average molecular weight is 839 g/mol. The first-order chi connectivity index (χ1) is 31.0. The Morgan fingerprint density at radius 2 is 0.492 bits per heavy atom. The maximum Gasteiger partial charge on any atom is 0.164 e. The summed E-state index contributed by atoms with van der Waals surface area (Å²) in [6.07, 6.45) is 0. The van der Waals surface area contributed by atoms with Crippen molar-refractivity contribution in [1.29, 1.82) is 0 Å². The molecule has 8 aromatic carbocycles. The number of aromatic nitrogens is 6. The highest BCUT2D eigenvalue weighted by Crippen LogP contribution is 2.73. The minimum atomic E-state index is -2.27. The van der Waals surface area contributed by atoms with Crippen LogP contribution in [0.25, 0.3) is 68.3 Å². The molecule has 6 nitrogen and oxygen atoms in total. The minimum Gasteiger partial charge on any atom is -0.208 e. The van der Waals surface area contributed by atoms with Crippen molar-refractivity contribution in [2.45, 2.75) is 19.6 Å². The lowest BCUT2D eigenvalue weighted by molar-refractivity contribution is 0.627. The standard InChI is InChI=1S/C54H36F2N6S/c55-43-25-13-21-39(33-43)51-57-49(37-17-5-1-6-18-37)59-53(61-51)41-23-15-31-47(35-41)63(45-27-9-3-10-28-45,46-29-11-4-12-30-46)48-32-16-24-42(36-48)54-60-50(38-19-7-2-8-20-38)58-52(62-54)40-22-14-26-44(56)34-40/h1-36H. The van der Waals surface area contributed by atoms with Crippen LogP contribution in [0.4, 0.5) is 8.78 Å². The molecule has 0 amide bonds. The van der Waals surface area contributed by atoms with Gasteiger partial charge in [0.25, 0.3) is 0 Å². The van der Waals surface area contributed by atoms with E-state index in [4.69, 9.17) is 29.9 Å². The molecular formula is C54H36F2N6S. The monoisotopic (exact) mass is 838 g/mol. The zero-order chi connectivity index (χ0) is 42.6.